The van der Waals surface area contributed by atoms with Crippen LogP contribution in [-0.2, 0) is 30.3 Å². The Morgan fingerprint density at radius 3 is 2.56 bits per heavy atom. The van der Waals surface area contributed by atoms with Crippen molar-refractivity contribution in [2.45, 2.75) is 64.1 Å². The number of carboxylic acid groups (broad SMARTS) is 1. The van der Waals surface area contributed by atoms with Crippen LogP contribution in [0.3, 0.4) is 0 Å². The molecule has 32 heavy (non-hydrogen) atoms. The summed E-state index contributed by atoms with van der Waals surface area (Å²) in [5, 5.41) is 12.9. The Morgan fingerprint density at radius 1 is 1.25 bits per heavy atom. The number of nitrogens with zero attached hydrogens (tertiary/aromatic N) is 1. The summed E-state index contributed by atoms with van der Waals surface area (Å²) in [5.74, 6) is -1.69. The maximum atomic E-state index is 13.3. The second-order valence-electron chi connectivity index (χ2n) is 8.85. The Kier molecular flexibility index (Phi) is 8.26. The summed E-state index contributed by atoms with van der Waals surface area (Å²) in [6, 6.07) is 7.59. The van der Waals surface area contributed by atoms with Crippen molar-refractivity contribution in [3.8, 4) is 0 Å². The van der Waals surface area contributed by atoms with Crippen LogP contribution in [0.1, 0.15) is 45.1 Å². The van der Waals surface area contributed by atoms with Gasteiger partial charge in [-0.15, -0.1) is 0 Å². The van der Waals surface area contributed by atoms with E-state index in [1.165, 1.54) is 4.90 Å². The van der Waals surface area contributed by atoms with Gasteiger partial charge in [0, 0.05) is 19.8 Å². The largest absolute Gasteiger partial charge is 0.480 e. The number of aryl methyl sites for hydroxylation is 1. The lowest BCUT2D eigenvalue weighted by Gasteiger charge is -2.33. The van der Waals surface area contributed by atoms with Crippen LogP contribution in [0.2, 0.25) is 0 Å². The standard InChI is InChI=1S/C24H34N2O6/c1-3-32-23(30)19(10-9-18-7-5-4-6-8-18)25-17(2)21(27)26-16-24(11-13-31-14-12-24)15-20(26)22(28)29/h4-8,17,19-20,25H,3,9-16H2,1-2H3,(H,28,29)/t17?,19-,20-/m0/s1. The number of rotatable bonds is 9. The highest BCUT2D eigenvalue weighted by molar-refractivity contribution is 5.88. The van der Waals surface area contributed by atoms with Crippen LogP contribution in [0.25, 0.3) is 0 Å². The molecule has 1 aromatic rings. The number of ether oxygens (including phenoxy) is 2. The zero-order valence-corrected chi connectivity index (χ0v) is 18.9. The third-order valence-electron chi connectivity index (χ3n) is 6.59. The van der Waals surface area contributed by atoms with E-state index in [-0.39, 0.29) is 17.9 Å². The van der Waals surface area contributed by atoms with Crippen molar-refractivity contribution in [3.05, 3.63) is 35.9 Å². The Bertz CT molecular complexity index is 793. The summed E-state index contributed by atoms with van der Waals surface area (Å²) in [6.45, 7) is 5.27. The second-order valence-corrected chi connectivity index (χ2v) is 8.85. The first-order valence-corrected chi connectivity index (χ1v) is 11.4. The third-order valence-corrected chi connectivity index (χ3v) is 6.59. The Morgan fingerprint density at radius 2 is 1.94 bits per heavy atom. The molecule has 0 radical (unpaired) electrons. The number of esters is 1. The van der Waals surface area contributed by atoms with E-state index in [4.69, 9.17) is 9.47 Å². The first-order valence-electron chi connectivity index (χ1n) is 11.4. The molecule has 2 fully saturated rings. The lowest BCUT2D eigenvalue weighted by molar-refractivity contribution is -0.150. The van der Waals surface area contributed by atoms with E-state index in [0.717, 1.165) is 18.4 Å². The van der Waals surface area contributed by atoms with Crippen molar-refractivity contribution in [1.82, 2.24) is 10.2 Å². The van der Waals surface area contributed by atoms with E-state index in [1.807, 2.05) is 30.3 Å². The van der Waals surface area contributed by atoms with Gasteiger partial charge in [0.05, 0.1) is 12.6 Å². The normalized spacial score (nSPS) is 21.8. The van der Waals surface area contributed by atoms with Crippen molar-refractivity contribution < 1.29 is 29.0 Å². The van der Waals surface area contributed by atoms with Gasteiger partial charge in [-0.25, -0.2) is 4.79 Å². The highest BCUT2D eigenvalue weighted by Gasteiger charge is 2.50. The zero-order chi connectivity index (χ0) is 23.1. The van der Waals surface area contributed by atoms with Gasteiger partial charge in [0.2, 0.25) is 5.91 Å². The summed E-state index contributed by atoms with van der Waals surface area (Å²) >= 11 is 0. The monoisotopic (exact) mass is 446 g/mol. The predicted molar refractivity (Wildman–Crippen MR) is 118 cm³/mol. The molecule has 176 valence electrons. The lowest BCUT2D eigenvalue weighted by atomic mass is 9.78. The van der Waals surface area contributed by atoms with Crippen LogP contribution in [-0.4, -0.2) is 72.3 Å². The molecular formula is C24H34N2O6. The SMILES string of the molecule is CCOC(=O)[C@H](CCc1ccccc1)NC(C)C(=O)N1CC2(CCOCC2)C[C@H]1C(=O)O. The number of carbonyl (C=O) groups is 3. The number of carboxylic acids is 1. The smallest absolute Gasteiger partial charge is 0.326 e. The van der Waals surface area contributed by atoms with E-state index in [2.05, 4.69) is 5.32 Å². The minimum Gasteiger partial charge on any atom is -0.480 e. The molecule has 1 unspecified atom stereocenters. The summed E-state index contributed by atoms with van der Waals surface area (Å²) in [7, 11) is 0. The van der Waals surface area contributed by atoms with Gasteiger partial charge in [0.15, 0.2) is 0 Å². The minimum atomic E-state index is -0.986. The van der Waals surface area contributed by atoms with Gasteiger partial charge in [-0.05, 0) is 56.9 Å². The quantitative estimate of drug-likeness (QED) is 0.559. The zero-order valence-electron chi connectivity index (χ0n) is 18.9. The van der Waals surface area contributed by atoms with Gasteiger partial charge >= 0.3 is 11.9 Å². The molecule has 1 aromatic carbocycles. The molecule has 0 bridgehead atoms. The van der Waals surface area contributed by atoms with Gasteiger partial charge in [-0.1, -0.05) is 30.3 Å². The summed E-state index contributed by atoms with van der Waals surface area (Å²) in [5.41, 5.74) is 0.888. The summed E-state index contributed by atoms with van der Waals surface area (Å²) in [4.78, 5) is 39.2. The number of nitrogens with one attached hydrogen (secondary N) is 1. The predicted octanol–water partition coefficient (Wildman–Crippen LogP) is 2.01. The molecule has 2 N–H and O–H groups in total. The van der Waals surface area contributed by atoms with E-state index in [1.54, 1.807) is 13.8 Å². The molecule has 0 aliphatic carbocycles. The first-order chi connectivity index (χ1) is 15.3. The fourth-order valence-corrected chi connectivity index (χ4v) is 4.76. The van der Waals surface area contributed by atoms with E-state index in [9.17, 15) is 19.5 Å². The summed E-state index contributed by atoms with van der Waals surface area (Å²) < 4.78 is 10.7. The second kappa shape index (κ2) is 10.9. The van der Waals surface area contributed by atoms with Crippen molar-refractivity contribution >= 4 is 17.8 Å². The minimum absolute atomic E-state index is 0.204. The lowest BCUT2D eigenvalue weighted by Crippen LogP contribution is -2.53. The number of aliphatic carboxylic acids is 1. The molecule has 2 heterocycles. The molecule has 2 aliphatic heterocycles. The van der Waals surface area contributed by atoms with Crippen LogP contribution >= 0.6 is 0 Å². The van der Waals surface area contributed by atoms with Gasteiger partial charge < -0.3 is 19.5 Å². The maximum Gasteiger partial charge on any atom is 0.326 e. The van der Waals surface area contributed by atoms with Crippen LogP contribution in [0.4, 0.5) is 0 Å². The van der Waals surface area contributed by atoms with Gasteiger partial charge in [0.25, 0.3) is 0 Å². The van der Waals surface area contributed by atoms with Crippen LogP contribution in [0.5, 0.6) is 0 Å². The van der Waals surface area contributed by atoms with Crippen LogP contribution < -0.4 is 5.32 Å². The third kappa shape index (κ3) is 5.86. The Balaban J connectivity index is 1.68. The van der Waals surface area contributed by atoms with Crippen molar-refractivity contribution in [1.29, 1.82) is 0 Å². The van der Waals surface area contributed by atoms with E-state index in [0.29, 0.717) is 39.0 Å². The fraction of sp³-hybridized carbons (Fsp3) is 0.625. The topological polar surface area (TPSA) is 105 Å². The van der Waals surface area contributed by atoms with E-state index < -0.39 is 30.1 Å². The maximum absolute atomic E-state index is 13.3. The number of carbonyl (C=O) groups excluding carboxylic acids is 2. The number of amides is 1. The molecule has 0 aromatic heterocycles. The van der Waals surface area contributed by atoms with Gasteiger partial charge in [0.1, 0.15) is 12.1 Å². The van der Waals surface area contributed by atoms with Crippen LogP contribution in [0.15, 0.2) is 30.3 Å². The number of hydrogen-bond donors (Lipinski definition) is 2. The first kappa shape index (κ1) is 24.2. The molecule has 2 saturated heterocycles. The molecule has 8 heteroatoms. The highest BCUT2D eigenvalue weighted by atomic mass is 16.5. The molecule has 1 spiro atoms. The molecule has 0 saturated carbocycles. The molecule has 8 nitrogen and oxygen atoms in total. The highest BCUT2D eigenvalue weighted by Crippen LogP contribution is 2.43. The molecule has 3 rings (SSSR count). The number of hydrogen-bond acceptors (Lipinski definition) is 6. The summed E-state index contributed by atoms with van der Waals surface area (Å²) in [6.07, 6.45) is 3.09. The fourth-order valence-electron chi connectivity index (χ4n) is 4.76. The van der Waals surface area contributed by atoms with Gasteiger partial charge in [-0.2, -0.15) is 0 Å². The molecule has 2 aliphatic rings. The molecule has 3 atom stereocenters. The van der Waals surface area contributed by atoms with Crippen molar-refractivity contribution in [2.24, 2.45) is 5.41 Å². The Hall–Kier alpha value is -2.45. The van der Waals surface area contributed by atoms with Gasteiger partial charge in [-0.3, -0.25) is 14.9 Å². The average molecular weight is 447 g/mol. The number of benzene rings is 1. The van der Waals surface area contributed by atoms with Crippen LogP contribution in [0, 0.1) is 5.41 Å². The molecule has 1 amide bonds. The van der Waals surface area contributed by atoms with Crippen molar-refractivity contribution in [3.63, 3.8) is 0 Å². The van der Waals surface area contributed by atoms with Crippen molar-refractivity contribution in [2.75, 3.05) is 26.4 Å². The number of likely N-dealkylation sites (tertiary alicyclic amines) is 1. The average Bonchev–Trinajstić information content (AvgIpc) is 3.16. The Labute approximate surface area is 189 Å². The molecular weight excluding hydrogens is 412 g/mol. The van der Waals surface area contributed by atoms with E-state index >= 15 is 0 Å².